The Morgan fingerprint density at radius 3 is 2.73 bits per heavy atom. The van der Waals surface area contributed by atoms with Gasteiger partial charge in [0.05, 0.1) is 21.6 Å². The van der Waals surface area contributed by atoms with Crippen LogP contribution in [0, 0.1) is 0 Å². The van der Waals surface area contributed by atoms with E-state index in [0.29, 0.717) is 24.3 Å². The Balaban J connectivity index is 2.07. The lowest BCUT2D eigenvalue weighted by atomic mass is 10.1. The fourth-order valence-corrected chi connectivity index (χ4v) is 3.34. The minimum absolute atomic E-state index is 0.286. The maximum absolute atomic E-state index is 11.7. The summed E-state index contributed by atoms with van der Waals surface area (Å²) in [5.74, 6) is -0.935. The number of hydrogen-bond donors (Lipinski definition) is 2. The zero-order chi connectivity index (χ0) is 15.5. The van der Waals surface area contributed by atoms with Crippen molar-refractivity contribution in [2.45, 2.75) is 19.9 Å². The topological polar surface area (TPSA) is 62.2 Å². The summed E-state index contributed by atoms with van der Waals surface area (Å²) in [6.07, 6.45) is 0.591. The highest BCUT2D eigenvalue weighted by atomic mass is 32.1. The van der Waals surface area contributed by atoms with Gasteiger partial charge in [-0.25, -0.2) is 4.79 Å². The summed E-state index contributed by atoms with van der Waals surface area (Å²) in [5, 5.41) is 14.8. The molecule has 1 aromatic carbocycles. The van der Waals surface area contributed by atoms with Crippen molar-refractivity contribution in [1.82, 2.24) is 4.98 Å². The molecule has 0 radical (unpaired) electrons. The fourth-order valence-electron chi connectivity index (χ4n) is 2.48. The number of fused-ring (bicyclic) bond motifs is 1. The monoisotopic (exact) mass is 312 g/mol. The Morgan fingerprint density at radius 1 is 1.27 bits per heavy atom. The van der Waals surface area contributed by atoms with Gasteiger partial charge >= 0.3 is 5.97 Å². The fraction of sp³-hybridized carbons (Fsp3) is 0.176. The van der Waals surface area contributed by atoms with E-state index in [2.05, 4.69) is 10.3 Å². The second kappa shape index (κ2) is 6.15. The molecule has 0 fully saturated rings. The smallest absolute Gasteiger partial charge is 0.339 e. The number of pyridine rings is 1. The molecule has 0 aliphatic rings. The van der Waals surface area contributed by atoms with Crippen molar-refractivity contribution in [3.63, 3.8) is 0 Å². The van der Waals surface area contributed by atoms with Crippen LogP contribution < -0.4 is 5.32 Å². The quantitative estimate of drug-likeness (QED) is 0.742. The molecule has 22 heavy (non-hydrogen) atoms. The van der Waals surface area contributed by atoms with E-state index in [1.807, 2.05) is 48.7 Å². The summed E-state index contributed by atoms with van der Waals surface area (Å²) in [6, 6.07) is 11.9. The summed E-state index contributed by atoms with van der Waals surface area (Å²) in [6.45, 7) is 2.51. The Bertz CT molecular complexity index is 812. The lowest BCUT2D eigenvalue weighted by molar-refractivity contribution is 0.0696. The van der Waals surface area contributed by atoms with Crippen molar-refractivity contribution in [3.8, 4) is 0 Å². The van der Waals surface area contributed by atoms with E-state index >= 15 is 0 Å². The summed E-state index contributed by atoms with van der Waals surface area (Å²) in [5.41, 5.74) is 3.54. The van der Waals surface area contributed by atoms with Gasteiger partial charge in [0.1, 0.15) is 5.56 Å². The number of nitrogens with one attached hydrogen (secondary N) is 1. The SMILES string of the molecule is CCc1nc2ccsc2c(NCc2ccccc2)c1C(=O)O. The number of nitrogens with zero attached hydrogens (tertiary/aromatic N) is 1. The number of carbonyl (C=O) groups is 1. The predicted octanol–water partition coefficient (Wildman–Crippen LogP) is 4.17. The average molecular weight is 312 g/mol. The van der Waals surface area contributed by atoms with Gasteiger partial charge in [-0.2, -0.15) is 0 Å². The first-order valence-corrected chi connectivity index (χ1v) is 7.99. The molecule has 2 N–H and O–H groups in total. The molecule has 0 atom stereocenters. The van der Waals surface area contributed by atoms with Crippen LogP contribution in [0.1, 0.15) is 28.5 Å². The highest BCUT2D eigenvalue weighted by Gasteiger charge is 2.20. The lowest BCUT2D eigenvalue weighted by Crippen LogP contribution is -2.11. The second-order valence-corrected chi connectivity index (χ2v) is 5.86. The molecule has 2 heterocycles. The third-order valence-corrected chi connectivity index (χ3v) is 4.45. The first-order valence-electron chi connectivity index (χ1n) is 7.12. The Kier molecular flexibility index (Phi) is 4.06. The van der Waals surface area contributed by atoms with Gasteiger partial charge in [-0.1, -0.05) is 37.3 Å². The number of anilines is 1. The zero-order valence-electron chi connectivity index (χ0n) is 12.2. The highest BCUT2D eigenvalue weighted by molar-refractivity contribution is 7.17. The molecule has 0 saturated heterocycles. The first-order chi connectivity index (χ1) is 10.7. The van der Waals surface area contributed by atoms with Crippen molar-refractivity contribution >= 4 is 33.2 Å². The molecule has 0 spiro atoms. The number of carboxylic acid groups (broad SMARTS) is 1. The van der Waals surface area contributed by atoms with Gasteiger partial charge in [-0.05, 0) is 23.4 Å². The summed E-state index contributed by atoms with van der Waals surface area (Å²) in [4.78, 5) is 16.2. The average Bonchev–Trinajstić information content (AvgIpc) is 3.00. The summed E-state index contributed by atoms with van der Waals surface area (Å²) < 4.78 is 0.894. The molecule has 0 aliphatic heterocycles. The number of rotatable bonds is 5. The van der Waals surface area contributed by atoms with Crippen LogP contribution >= 0.6 is 11.3 Å². The highest BCUT2D eigenvalue weighted by Crippen LogP contribution is 2.33. The molecular formula is C17H16N2O2S. The molecule has 0 saturated carbocycles. The minimum Gasteiger partial charge on any atom is -0.478 e. The molecule has 3 rings (SSSR count). The summed E-state index contributed by atoms with van der Waals surface area (Å²) in [7, 11) is 0. The van der Waals surface area contributed by atoms with Crippen LogP contribution in [0.25, 0.3) is 10.2 Å². The van der Waals surface area contributed by atoms with Crippen LogP contribution in [0.4, 0.5) is 5.69 Å². The number of carboxylic acids is 1. The van der Waals surface area contributed by atoms with E-state index in [0.717, 1.165) is 15.8 Å². The van der Waals surface area contributed by atoms with Crippen molar-refractivity contribution in [2.24, 2.45) is 0 Å². The number of thiophene rings is 1. The van der Waals surface area contributed by atoms with E-state index in [1.165, 1.54) is 11.3 Å². The molecule has 0 amide bonds. The van der Waals surface area contributed by atoms with Gasteiger partial charge in [0.25, 0.3) is 0 Å². The standard InChI is InChI=1S/C17H16N2O2S/c1-2-12-14(17(20)21)15(16-13(19-12)8-9-22-16)18-10-11-6-4-3-5-7-11/h3-9H,2,10H2,1H3,(H,18,19)(H,20,21). The van der Waals surface area contributed by atoms with Crippen molar-refractivity contribution < 1.29 is 9.90 Å². The molecule has 4 nitrogen and oxygen atoms in total. The van der Waals surface area contributed by atoms with Gasteiger partial charge in [-0.3, -0.25) is 4.98 Å². The van der Waals surface area contributed by atoms with Crippen LogP contribution in [0.15, 0.2) is 41.8 Å². The molecule has 5 heteroatoms. The molecule has 2 aromatic heterocycles. The van der Waals surface area contributed by atoms with E-state index in [4.69, 9.17) is 0 Å². The normalized spacial score (nSPS) is 10.8. The maximum atomic E-state index is 11.7. The van der Waals surface area contributed by atoms with Gasteiger partial charge in [-0.15, -0.1) is 11.3 Å². The number of aromatic carboxylic acids is 1. The molecule has 0 unspecified atom stereocenters. The van der Waals surface area contributed by atoms with E-state index in [9.17, 15) is 9.90 Å². The van der Waals surface area contributed by atoms with Crippen LogP contribution in [0.3, 0.4) is 0 Å². The molecule has 0 bridgehead atoms. The Morgan fingerprint density at radius 2 is 2.05 bits per heavy atom. The number of benzene rings is 1. The zero-order valence-corrected chi connectivity index (χ0v) is 13.0. The van der Waals surface area contributed by atoms with Crippen molar-refractivity contribution in [3.05, 3.63) is 58.6 Å². The van der Waals surface area contributed by atoms with Gasteiger partial charge in [0, 0.05) is 6.54 Å². The molecule has 3 aromatic rings. The first kappa shape index (κ1) is 14.5. The van der Waals surface area contributed by atoms with Gasteiger partial charge in [0.2, 0.25) is 0 Å². The predicted molar refractivity (Wildman–Crippen MR) is 89.7 cm³/mol. The van der Waals surface area contributed by atoms with Gasteiger partial charge < -0.3 is 10.4 Å². The van der Waals surface area contributed by atoms with E-state index in [1.54, 1.807) is 0 Å². The van der Waals surface area contributed by atoms with Crippen molar-refractivity contribution in [1.29, 1.82) is 0 Å². The van der Waals surface area contributed by atoms with Crippen LogP contribution in [0.2, 0.25) is 0 Å². The number of aromatic nitrogens is 1. The second-order valence-electron chi connectivity index (χ2n) is 4.94. The molecule has 112 valence electrons. The van der Waals surface area contributed by atoms with Crippen LogP contribution in [-0.2, 0) is 13.0 Å². The Labute approximate surface area is 132 Å². The Hall–Kier alpha value is -2.40. The largest absolute Gasteiger partial charge is 0.478 e. The minimum atomic E-state index is -0.935. The third-order valence-electron chi connectivity index (χ3n) is 3.53. The number of aryl methyl sites for hydroxylation is 1. The maximum Gasteiger partial charge on any atom is 0.339 e. The van der Waals surface area contributed by atoms with Gasteiger partial charge in [0.15, 0.2) is 0 Å². The summed E-state index contributed by atoms with van der Waals surface area (Å²) >= 11 is 1.51. The third kappa shape index (κ3) is 2.67. The number of hydrogen-bond acceptors (Lipinski definition) is 4. The van der Waals surface area contributed by atoms with E-state index in [-0.39, 0.29) is 5.56 Å². The molecular weight excluding hydrogens is 296 g/mol. The van der Waals surface area contributed by atoms with Crippen molar-refractivity contribution in [2.75, 3.05) is 5.32 Å². The van der Waals surface area contributed by atoms with Crippen LogP contribution in [-0.4, -0.2) is 16.1 Å². The molecule has 0 aliphatic carbocycles. The lowest BCUT2D eigenvalue weighted by Gasteiger charge is -2.14. The van der Waals surface area contributed by atoms with Crippen LogP contribution in [0.5, 0.6) is 0 Å². The van der Waals surface area contributed by atoms with E-state index < -0.39 is 5.97 Å².